The number of ether oxygens (including phenoxy) is 1. The van der Waals surface area contributed by atoms with Gasteiger partial charge in [0, 0.05) is 11.3 Å². The van der Waals surface area contributed by atoms with Gasteiger partial charge < -0.3 is 20.9 Å². The number of methoxy groups -OCH3 is 1. The van der Waals surface area contributed by atoms with E-state index in [-0.39, 0.29) is 5.84 Å². The van der Waals surface area contributed by atoms with Gasteiger partial charge in [-0.05, 0) is 73.9 Å². The Bertz CT molecular complexity index is 815. The largest absolute Gasteiger partial charge is 0.496 e. The Morgan fingerprint density at radius 3 is 2.28 bits per heavy atom. The van der Waals surface area contributed by atoms with E-state index in [2.05, 4.69) is 5.32 Å². The first kappa shape index (κ1) is 18.3. The second kappa shape index (κ2) is 6.84. The summed E-state index contributed by atoms with van der Waals surface area (Å²) in [7, 11) is 1.59. The Labute approximate surface area is 147 Å². The van der Waals surface area contributed by atoms with E-state index in [0.29, 0.717) is 16.8 Å². The van der Waals surface area contributed by atoms with Crippen LogP contribution in [0.3, 0.4) is 0 Å². The van der Waals surface area contributed by atoms with E-state index in [9.17, 15) is 9.90 Å². The maximum atomic E-state index is 12.1. The van der Waals surface area contributed by atoms with Crippen LogP contribution < -0.4 is 15.8 Å². The van der Waals surface area contributed by atoms with Gasteiger partial charge in [0.2, 0.25) is 0 Å². The number of nitrogen functional groups attached to an aromatic ring is 1. The van der Waals surface area contributed by atoms with Gasteiger partial charge in [0.15, 0.2) is 5.54 Å². The number of hydrogen-bond acceptors (Lipinski definition) is 4. The third-order valence-electron chi connectivity index (χ3n) is 4.30. The van der Waals surface area contributed by atoms with Crippen LogP contribution in [0.25, 0.3) is 0 Å². The number of carboxylic acid groups (broad SMARTS) is 1. The van der Waals surface area contributed by atoms with Crippen LogP contribution in [0, 0.1) is 19.3 Å². The van der Waals surface area contributed by atoms with Crippen LogP contribution in [0.15, 0.2) is 36.4 Å². The monoisotopic (exact) mass is 341 g/mol. The number of aryl methyl sites for hydroxylation is 2. The molecular formula is C19H23N3O3. The highest BCUT2D eigenvalue weighted by atomic mass is 16.5. The summed E-state index contributed by atoms with van der Waals surface area (Å²) in [5.74, 6) is -0.301. The van der Waals surface area contributed by atoms with Crippen LogP contribution in [0.1, 0.15) is 29.2 Å². The highest BCUT2D eigenvalue weighted by Crippen LogP contribution is 2.33. The van der Waals surface area contributed by atoms with E-state index in [0.717, 1.165) is 16.9 Å². The van der Waals surface area contributed by atoms with Crippen LogP contribution in [-0.4, -0.2) is 24.0 Å². The maximum absolute atomic E-state index is 12.1. The first-order valence-electron chi connectivity index (χ1n) is 7.80. The Morgan fingerprint density at radius 2 is 1.80 bits per heavy atom. The van der Waals surface area contributed by atoms with Gasteiger partial charge in [-0.1, -0.05) is 0 Å². The molecular weight excluding hydrogens is 318 g/mol. The molecule has 0 saturated carbocycles. The first-order chi connectivity index (χ1) is 11.7. The summed E-state index contributed by atoms with van der Waals surface area (Å²) in [5, 5.41) is 20.4. The molecule has 2 aromatic carbocycles. The lowest BCUT2D eigenvalue weighted by atomic mass is 9.86. The normalized spacial score (nSPS) is 13.0. The minimum absolute atomic E-state index is 0.0332. The Balaban J connectivity index is 2.47. The van der Waals surface area contributed by atoms with Gasteiger partial charge in [-0.15, -0.1) is 0 Å². The van der Waals surface area contributed by atoms with Gasteiger partial charge in [0.05, 0.1) is 7.11 Å². The van der Waals surface area contributed by atoms with Crippen LogP contribution in [0.5, 0.6) is 5.75 Å². The summed E-state index contributed by atoms with van der Waals surface area (Å²) in [6.07, 6.45) is 0. The van der Waals surface area contributed by atoms with Crippen LogP contribution in [-0.2, 0) is 10.3 Å². The quantitative estimate of drug-likeness (QED) is 0.477. The molecule has 0 aromatic heterocycles. The molecule has 6 heteroatoms. The number of carbonyl (C=O) groups is 1. The molecule has 0 heterocycles. The number of nitrogens with one attached hydrogen (secondary N) is 2. The van der Waals surface area contributed by atoms with Gasteiger partial charge in [0.25, 0.3) is 0 Å². The molecule has 0 aliphatic carbocycles. The molecule has 0 spiro atoms. The lowest BCUT2D eigenvalue weighted by Crippen LogP contribution is -2.41. The highest BCUT2D eigenvalue weighted by Gasteiger charge is 2.37. The third-order valence-corrected chi connectivity index (χ3v) is 4.30. The van der Waals surface area contributed by atoms with Crippen molar-refractivity contribution in [1.29, 1.82) is 5.41 Å². The second-order valence-corrected chi connectivity index (χ2v) is 6.18. The molecule has 25 heavy (non-hydrogen) atoms. The first-order valence-corrected chi connectivity index (χ1v) is 7.80. The van der Waals surface area contributed by atoms with Gasteiger partial charge >= 0.3 is 5.97 Å². The van der Waals surface area contributed by atoms with Crippen molar-refractivity contribution in [3.05, 3.63) is 58.7 Å². The topological polar surface area (TPSA) is 108 Å². The lowest BCUT2D eigenvalue weighted by molar-refractivity contribution is -0.142. The number of anilines is 1. The molecule has 0 amide bonds. The summed E-state index contributed by atoms with van der Waals surface area (Å²) in [5.41, 5.74) is 7.69. The lowest BCUT2D eigenvalue weighted by Gasteiger charge is -2.30. The summed E-state index contributed by atoms with van der Waals surface area (Å²) in [6.45, 7) is 5.37. The molecule has 6 nitrogen and oxygen atoms in total. The molecule has 0 bridgehead atoms. The van der Waals surface area contributed by atoms with Crippen molar-refractivity contribution >= 4 is 17.5 Å². The fourth-order valence-corrected chi connectivity index (χ4v) is 2.81. The molecule has 0 aliphatic rings. The standard InChI is InChI=1S/C19H23N3O3/c1-11-10-16(25-4)12(2)9-15(11)19(3,18(23)24)22-14-7-5-13(6-8-14)17(20)21/h5-10,22H,1-4H3,(H3,20,21)(H,23,24). The Hall–Kier alpha value is -3.02. The van der Waals surface area contributed by atoms with Crippen molar-refractivity contribution in [2.45, 2.75) is 26.3 Å². The van der Waals surface area contributed by atoms with Gasteiger partial charge in [0.1, 0.15) is 11.6 Å². The van der Waals surface area contributed by atoms with Gasteiger partial charge in [-0.2, -0.15) is 0 Å². The SMILES string of the molecule is COc1cc(C)c(C(C)(Nc2ccc(C(=N)N)cc2)C(=O)O)cc1C. The van der Waals surface area contributed by atoms with Gasteiger partial charge in [-0.3, -0.25) is 5.41 Å². The number of rotatable bonds is 6. The Kier molecular flexibility index (Phi) is 5.02. The van der Waals surface area contributed by atoms with E-state index >= 15 is 0 Å². The number of hydrogen-bond donors (Lipinski definition) is 4. The predicted molar refractivity (Wildman–Crippen MR) is 98.5 cm³/mol. The number of nitrogens with two attached hydrogens (primary N) is 1. The third kappa shape index (κ3) is 3.57. The molecule has 0 saturated heterocycles. The smallest absolute Gasteiger partial charge is 0.333 e. The molecule has 0 fully saturated rings. The minimum atomic E-state index is -1.32. The van der Waals surface area contributed by atoms with Gasteiger partial charge in [-0.25, -0.2) is 4.79 Å². The average molecular weight is 341 g/mol. The summed E-state index contributed by atoms with van der Waals surface area (Å²) < 4.78 is 5.31. The van der Waals surface area contributed by atoms with E-state index in [1.807, 2.05) is 26.0 Å². The van der Waals surface area contributed by atoms with Crippen molar-refractivity contribution in [1.82, 2.24) is 0 Å². The molecule has 0 aliphatic heterocycles. The fraction of sp³-hybridized carbons (Fsp3) is 0.263. The van der Waals surface area contributed by atoms with E-state index in [1.165, 1.54) is 0 Å². The van der Waals surface area contributed by atoms with Crippen molar-refractivity contribution in [2.24, 2.45) is 5.73 Å². The highest BCUT2D eigenvalue weighted by molar-refractivity contribution is 5.95. The maximum Gasteiger partial charge on any atom is 0.333 e. The van der Waals surface area contributed by atoms with E-state index in [1.54, 1.807) is 38.3 Å². The fourth-order valence-electron chi connectivity index (χ4n) is 2.81. The molecule has 2 aromatic rings. The molecule has 2 rings (SSSR count). The Morgan fingerprint density at radius 1 is 1.20 bits per heavy atom. The molecule has 1 unspecified atom stereocenters. The zero-order valence-electron chi connectivity index (χ0n) is 14.8. The minimum Gasteiger partial charge on any atom is -0.496 e. The van der Waals surface area contributed by atoms with Crippen LogP contribution >= 0.6 is 0 Å². The van der Waals surface area contributed by atoms with Crippen molar-refractivity contribution in [3.8, 4) is 5.75 Å². The van der Waals surface area contributed by atoms with Crippen LogP contribution in [0.2, 0.25) is 0 Å². The predicted octanol–water partition coefficient (Wildman–Crippen LogP) is 3.01. The molecule has 132 valence electrons. The number of aliphatic carboxylic acids is 1. The number of benzene rings is 2. The van der Waals surface area contributed by atoms with E-state index < -0.39 is 11.5 Å². The van der Waals surface area contributed by atoms with Crippen molar-refractivity contribution in [3.63, 3.8) is 0 Å². The van der Waals surface area contributed by atoms with Crippen molar-refractivity contribution in [2.75, 3.05) is 12.4 Å². The molecule has 0 radical (unpaired) electrons. The zero-order valence-corrected chi connectivity index (χ0v) is 14.8. The summed E-state index contributed by atoms with van der Waals surface area (Å²) in [4.78, 5) is 12.1. The van der Waals surface area contributed by atoms with E-state index in [4.69, 9.17) is 15.9 Å². The second-order valence-electron chi connectivity index (χ2n) is 6.18. The number of carboxylic acids is 1. The molecule has 5 N–H and O–H groups in total. The molecule has 1 atom stereocenters. The summed E-state index contributed by atoms with van der Waals surface area (Å²) in [6, 6.07) is 10.5. The van der Waals surface area contributed by atoms with Crippen molar-refractivity contribution < 1.29 is 14.6 Å². The average Bonchev–Trinajstić information content (AvgIpc) is 2.56. The zero-order chi connectivity index (χ0) is 18.8. The van der Waals surface area contributed by atoms with Crippen LogP contribution in [0.4, 0.5) is 5.69 Å². The summed E-state index contributed by atoms with van der Waals surface area (Å²) >= 11 is 0. The number of amidine groups is 1.